The van der Waals surface area contributed by atoms with Gasteiger partial charge in [-0.05, 0) is 68.0 Å². The summed E-state index contributed by atoms with van der Waals surface area (Å²) in [6.45, 7) is 5.15. The Morgan fingerprint density at radius 2 is 1.73 bits per heavy atom. The van der Waals surface area contributed by atoms with Crippen LogP contribution in [-0.2, 0) is 26.2 Å². The number of hydrogen-bond acceptors (Lipinski definition) is 4. The van der Waals surface area contributed by atoms with Crippen LogP contribution < -0.4 is 9.62 Å². The molecule has 1 aliphatic carbocycles. The summed E-state index contributed by atoms with van der Waals surface area (Å²) < 4.78 is 26.8. The molecular weight excluding hydrogens is 533 g/mol. The maximum absolute atomic E-state index is 13.8. The Morgan fingerprint density at radius 3 is 2.32 bits per heavy atom. The molecule has 0 aromatic heterocycles. The van der Waals surface area contributed by atoms with E-state index in [1.54, 1.807) is 31.2 Å². The maximum Gasteiger partial charge on any atom is 0.244 e. The van der Waals surface area contributed by atoms with Gasteiger partial charge in [0.2, 0.25) is 21.8 Å². The highest BCUT2D eigenvalue weighted by Crippen LogP contribution is 2.27. The van der Waals surface area contributed by atoms with Crippen LogP contribution in [0, 0.1) is 13.8 Å². The summed E-state index contributed by atoms with van der Waals surface area (Å²) in [4.78, 5) is 28.7. The molecule has 1 N–H and O–H groups in total. The Hall–Kier alpha value is -2.29. The zero-order chi connectivity index (χ0) is 27.3. The van der Waals surface area contributed by atoms with Gasteiger partial charge in [-0.15, -0.1) is 0 Å². The highest BCUT2D eigenvalue weighted by molar-refractivity contribution is 7.92. The molecule has 2 amide bonds. The largest absolute Gasteiger partial charge is 0.352 e. The van der Waals surface area contributed by atoms with Gasteiger partial charge >= 0.3 is 0 Å². The second kappa shape index (κ2) is 12.5. The van der Waals surface area contributed by atoms with Gasteiger partial charge in [0.25, 0.3) is 0 Å². The fourth-order valence-electron chi connectivity index (χ4n) is 4.70. The Kier molecular flexibility index (Phi) is 9.89. The van der Waals surface area contributed by atoms with Gasteiger partial charge in [0.1, 0.15) is 12.6 Å². The number of halogens is 2. The van der Waals surface area contributed by atoms with Crippen molar-refractivity contribution in [2.45, 2.75) is 71.5 Å². The third-order valence-electron chi connectivity index (χ3n) is 6.74. The molecule has 1 atom stereocenters. The van der Waals surface area contributed by atoms with E-state index in [0.717, 1.165) is 47.4 Å². The van der Waals surface area contributed by atoms with Gasteiger partial charge in [0, 0.05) is 12.6 Å². The summed E-state index contributed by atoms with van der Waals surface area (Å²) in [7, 11) is -3.80. The predicted octanol–water partition coefficient (Wildman–Crippen LogP) is 5.24. The number of anilines is 1. The number of sulfonamides is 1. The molecule has 202 valence electrons. The minimum Gasteiger partial charge on any atom is -0.352 e. The van der Waals surface area contributed by atoms with Crippen LogP contribution in [0.5, 0.6) is 0 Å². The lowest BCUT2D eigenvalue weighted by atomic mass is 10.1. The molecule has 2 aromatic carbocycles. The van der Waals surface area contributed by atoms with Crippen LogP contribution in [0.15, 0.2) is 36.4 Å². The smallest absolute Gasteiger partial charge is 0.244 e. The van der Waals surface area contributed by atoms with Gasteiger partial charge in [-0.2, -0.15) is 0 Å². The van der Waals surface area contributed by atoms with Crippen molar-refractivity contribution in [2.24, 2.45) is 0 Å². The molecule has 7 nitrogen and oxygen atoms in total. The van der Waals surface area contributed by atoms with Crippen LogP contribution >= 0.6 is 23.2 Å². The Balaban J connectivity index is 1.97. The summed E-state index contributed by atoms with van der Waals surface area (Å²) in [6.07, 6.45) is 5.40. The first-order valence-electron chi connectivity index (χ1n) is 12.5. The second-order valence-electron chi connectivity index (χ2n) is 9.74. The van der Waals surface area contributed by atoms with Crippen LogP contribution in [0.1, 0.15) is 55.7 Å². The number of hydrogen-bond donors (Lipinski definition) is 1. The lowest BCUT2D eigenvalue weighted by Gasteiger charge is -2.33. The van der Waals surface area contributed by atoms with Crippen LogP contribution in [0.25, 0.3) is 0 Å². The van der Waals surface area contributed by atoms with Crippen molar-refractivity contribution in [1.29, 1.82) is 0 Å². The molecule has 2 aromatic rings. The average Bonchev–Trinajstić information content (AvgIpc) is 3.33. The molecule has 0 bridgehead atoms. The molecule has 0 spiro atoms. The van der Waals surface area contributed by atoms with Crippen molar-refractivity contribution >= 4 is 50.7 Å². The first-order valence-corrected chi connectivity index (χ1v) is 15.1. The summed E-state index contributed by atoms with van der Waals surface area (Å²) in [5.41, 5.74) is 2.73. The summed E-state index contributed by atoms with van der Waals surface area (Å²) in [6, 6.07) is 9.81. The quantitative estimate of drug-likeness (QED) is 0.425. The van der Waals surface area contributed by atoms with E-state index in [4.69, 9.17) is 23.2 Å². The van der Waals surface area contributed by atoms with E-state index >= 15 is 0 Å². The highest BCUT2D eigenvalue weighted by Gasteiger charge is 2.33. The van der Waals surface area contributed by atoms with E-state index in [-0.39, 0.29) is 18.5 Å². The molecule has 10 heteroatoms. The van der Waals surface area contributed by atoms with Gasteiger partial charge in [-0.1, -0.05) is 61.2 Å². The first kappa shape index (κ1) is 29.3. The molecule has 1 saturated carbocycles. The van der Waals surface area contributed by atoms with Crippen molar-refractivity contribution in [3.05, 3.63) is 63.1 Å². The fourth-order valence-corrected chi connectivity index (χ4v) is 5.92. The zero-order valence-electron chi connectivity index (χ0n) is 21.8. The molecule has 37 heavy (non-hydrogen) atoms. The number of rotatable bonds is 10. The van der Waals surface area contributed by atoms with E-state index in [2.05, 4.69) is 5.32 Å². The average molecular weight is 569 g/mol. The van der Waals surface area contributed by atoms with Crippen LogP contribution in [0.4, 0.5) is 5.69 Å². The van der Waals surface area contributed by atoms with Crippen molar-refractivity contribution in [3.63, 3.8) is 0 Å². The topological polar surface area (TPSA) is 86.8 Å². The SMILES string of the molecule is CCC(C(=O)NC1CCCC1)N(Cc1ccc(Cl)c(Cl)c1)C(=O)CN(c1cc(C)ccc1C)S(C)(=O)=O. The van der Waals surface area contributed by atoms with Gasteiger partial charge in [0.05, 0.1) is 22.0 Å². The minimum absolute atomic E-state index is 0.0801. The number of amides is 2. The van der Waals surface area contributed by atoms with Crippen molar-refractivity contribution in [3.8, 4) is 0 Å². The molecule has 1 aliphatic rings. The number of nitrogens with one attached hydrogen (secondary N) is 1. The molecule has 1 fully saturated rings. The molecule has 0 heterocycles. The van der Waals surface area contributed by atoms with Gasteiger partial charge < -0.3 is 10.2 Å². The standard InChI is InChI=1S/C27H35Cl2N3O4S/c1-5-24(27(34)30-21-8-6-7-9-21)31(16-20-12-13-22(28)23(29)15-20)26(33)17-32(37(4,35)36)25-14-18(2)10-11-19(25)3/h10-15,21,24H,5-9,16-17H2,1-4H3,(H,30,34). The molecule has 0 radical (unpaired) electrons. The third kappa shape index (κ3) is 7.62. The molecule has 0 aliphatic heterocycles. The molecule has 0 saturated heterocycles. The van der Waals surface area contributed by atoms with Gasteiger partial charge in [-0.3, -0.25) is 13.9 Å². The minimum atomic E-state index is -3.80. The zero-order valence-corrected chi connectivity index (χ0v) is 24.1. The van der Waals surface area contributed by atoms with Gasteiger partial charge in [0.15, 0.2) is 0 Å². The molecule has 1 unspecified atom stereocenters. The summed E-state index contributed by atoms with van der Waals surface area (Å²) in [5.74, 6) is -0.716. The molecule has 3 rings (SSSR count). The predicted molar refractivity (Wildman–Crippen MR) is 150 cm³/mol. The fraction of sp³-hybridized carbons (Fsp3) is 0.481. The third-order valence-corrected chi connectivity index (χ3v) is 8.60. The Morgan fingerprint density at radius 1 is 1.05 bits per heavy atom. The first-order chi connectivity index (χ1) is 17.4. The van der Waals surface area contributed by atoms with Crippen molar-refractivity contribution in [2.75, 3.05) is 17.1 Å². The van der Waals surface area contributed by atoms with Crippen LogP contribution in [0.3, 0.4) is 0 Å². The van der Waals surface area contributed by atoms with E-state index in [1.807, 2.05) is 26.0 Å². The van der Waals surface area contributed by atoms with Crippen LogP contribution in [-0.4, -0.2) is 50.0 Å². The number of benzene rings is 2. The number of carbonyl (C=O) groups is 2. The van der Waals surface area contributed by atoms with E-state index < -0.39 is 28.5 Å². The van der Waals surface area contributed by atoms with Crippen molar-refractivity contribution < 1.29 is 18.0 Å². The second-order valence-corrected chi connectivity index (χ2v) is 12.5. The Labute approximate surface area is 230 Å². The number of nitrogens with zero attached hydrogens (tertiary/aromatic N) is 2. The van der Waals surface area contributed by atoms with Crippen LogP contribution in [0.2, 0.25) is 10.0 Å². The lowest BCUT2D eigenvalue weighted by Crippen LogP contribution is -2.53. The highest BCUT2D eigenvalue weighted by atomic mass is 35.5. The normalized spacial score (nSPS) is 14.9. The van der Waals surface area contributed by atoms with Gasteiger partial charge in [-0.25, -0.2) is 8.42 Å². The summed E-state index contributed by atoms with van der Waals surface area (Å²) >= 11 is 12.3. The lowest BCUT2D eigenvalue weighted by molar-refractivity contribution is -0.140. The Bertz CT molecular complexity index is 1250. The number of aryl methyl sites for hydroxylation is 2. The maximum atomic E-state index is 13.8. The monoisotopic (exact) mass is 567 g/mol. The van der Waals surface area contributed by atoms with E-state index in [9.17, 15) is 18.0 Å². The number of carbonyl (C=O) groups excluding carboxylic acids is 2. The summed E-state index contributed by atoms with van der Waals surface area (Å²) in [5, 5.41) is 3.81. The van der Waals surface area contributed by atoms with Crippen molar-refractivity contribution in [1.82, 2.24) is 10.2 Å². The van der Waals surface area contributed by atoms with E-state index in [0.29, 0.717) is 27.7 Å². The molecular formula is C27H35Cl2N3O4S. The van der Waals surface area contributed by atoms with E-state index in [1.165, 1.54) is 4.90 Å².